The molecule has 2 heterocycles. The average Bonchev–Trinajstić information content (AvgIpc) is 2.75. The summed E-state index contributed by atoms with van der Waals surface area (Å²) in [6.45, 7) is 4.05. The summed E-state index contributed by atoms with van der Waals surface area (Å²) < 4.78 is 0. The monoisotopic (exact) mass is 388 g/mol. The normalized spacial score (nSPS) is 23.0. The first kappa shape index (κ1) is 20.5. The molecule has 8 nitrogen and oxygen atoms in total. The van der Waals surface area contributed by atoms with Crippen LogP contribution in [0.15, 0.2) is 12.1 Å². The van der Waals surface area contributed by atoms with Gasteiger partial charge in [-0.05, 0) is 63.7 Å². The van der Waals surface area contributed by atoms with Gasteiger partial charge in [0.15, 0.2) is 5.69 Å². The third-order valence-corrected chi connectivity index (χ3v) is 5.75. The quantitative estimate of drug-likeness (QED) is 0.653. The fraction of sp³-hybridized carbons (Fsp3) is 0.700. The lowest BCUT2D eigenvalue weighted by Crippen LogP contribution is -2.41. The highest BCUT2D eigenvalue weighted by molar-refractivity contribution is 5.91. The van der Waals surface area contributed by atoms with Gasteiger partial charge in [0.2, 0.25) is 5.91 Å². The minimum Gasteiger partial charge on any atom is -0.366 e. The number of anilines is 1. The third-order valence-electron chi connectivity index (χ3n) is 5.75. The third kappa shape index (κ3) is 5.89. The van der Waals surface area contributed by atoms with Crippen LogP contribution in [-0.2, 0) is 4.79 Å². The number of carbonyl (C=O) groups excluding carboxylic acids is 2. The number of nitrogens with zero attached hydrogens (tertiary/aromatic N) is 3. The fourth-order valence-corrected chi connectivity index (χ4v) is 4.03. The van der Waals surface area contributed by atoms with E-state index in [-0.39, 0.29) is 23.8 Å². The van der Waals surface area contributed by atoms with Gasteiger partial charge in [0.25, 0.3) is 5.91 Å². The van der Waals surface area contributed by atoms with Crippen molar-refractivity contribution in [3.63, 3.8) is 0 Å². The standard InChI is InChI=1S/C20H32N6O2/c1-21-20(28)17-9-10-18(25-24-17)23-16-7-5-15(6-8-16)19(27)22-11-14-26-12-3-2-4-13-26/h9-10,15-16H,2-8,11-14H2,1H3,(H,21,28)(H,22,27)(H,23,25). The molecule has 8 heteroatoms. The molecule has 2 amide bonds. The predicted octanol–water partition coefficient (Wildman–Crippen LogP) is 1.41. The van der Waals surface area contributed by atoms with Crippen molar-refractivity contribution in [1.82, 2.24) is 25.7 Å². The molecule has 0 atom stereocenters. The molecule has 1 aromatic heterocycles. The van der Waals surface area contributed by atoms with Gasteiger partial charge in [0.05, 0.1) is 0 Å². The van der Waals surface area contributed by atoms with Crippen LogP contribution in [0.1, 0.15) is 55.4 Å². The van der Waals surface area contributed by atoms with Crippen molar-refractivity contribution in [1.29, 1.82) is 0 Å². The summed E-state index contributed by atoms with van der Waals surface area (Å²) in [5, 5.41) is 17.0. The van der Waals surface area contributed by atoms with E-state index in [9.17, 15) is 9.59 Å². The number of likely N-dealkylation sites (tertiary alicyclic amines) is 1. The van der Waals surface area contributed by atoms with Gasteiger partial charge in [-0.1, -0.05) is 6.42 Å². The summed E-state index contributed by atoms with van der Waals surface area (Å²) in [6.07, 6.45) is 7.54. The van der Waals surface area contributed by atoms with Crippen molar-refractivity contribution in [3.8, 4) is 0 Å². The highest BCUT2D eigenvalue weighted by atomic mass is 16.2. The Labute approximate surface area is 166 Å². The largest absolute Gasteiger partial charge is 0.366 e. The maximum absolute atomic E-state index is 12.4. The maximum Gasteiger partial charge on any atom is 0.271 e. The van der Waals surface area contributed by atoms with E-state index < -0.39 is 0 Å². The lowest BCUT2D eigenvalue weighted by atomic mass is 9.85. The van der Waals surface area contributed by atoms with Crippen LogP contribution in [0, 0.1) is 5.92 Å². The highest BCUT2D eigenvalue weighted by Gasteiger charge is 2.26. The number of rotatable bonds is 7. The van der Waals surface area contributed by atoms with E-state index in [4.69, 9.17) is 0 Å². The van der Waals surface area contributed by atoms with E-state index in [0.717, 1.165) is 38.8 Å². The summed E-state index contributed by atoms with van der Waals surface area (Å²) in [6, 6.07) is 3.73. The van der Waals surface area contributed by atoms with Crippen molar-refractivity contribution >= 4 is 17.6 Å². The second kappa shape index (κ2) is 10.4. The number of hydrogen-bond donors (Lipinski definition) is 3. The molecule has 154 valence electrons. The lowest BCUT2D eigenvalue weighted by Gasteiger charge is -2.29. The minimum atomic E-state index is -0.245. The Bertz CT molecular complexity index is 637. The van der Waals surface area contributed by atoms with E-state index >= 15 is 0 Å². The molecule has 0 spiro atoms. The average molecular weight is 389 g/mol. The van der Waals surface area contributed by atoms with Gasteiger partial charge < -0.3 is 20.9 Å². The zero-order chi connectivity index (χ0) is 19.8. The molecule has 3 N–H and O–H groups in total. The Balaban J connectivity index is 1.35. The number of hydrogen-bond acceptors (Lipinski definition) is 6. The van der Waals surface area contributed by atoms with Crippen LogP contribution >= 0.6 is 0 Å². The number of piperidine rings is 1. The second-order valence-corrected chi connectivity index (χ2v) is 7.77. The molecule has 1 aromatic rings. The molecule has 2 fully saturated rings. The Morgan fingerprint density at radius 1 is 1.07 bits per heavy atom. The molecule has 2 aliphatic rings. The number of amides is 2. The van der Waals surface area contributed by atoms with Gasteiger partial charge in [-0.2, -0.15) is 0 Å². The first-order chi connectivity index (χ1) is 13.7. The molecule has 0 unspecified atom stereocenters. The summed E-state index contributed by atoms with van der Waals surface area (Å²) in [7, 11) is 1.57. The molecule has 0 bridgehead atoms. The lowest BCUT2D eigenvalue weighted by molar-refractivity contribution is -0.126. The molecule has 1 saturated carbocycles. The summed E-state index contributed by atoms with van der Waals surface area (Å²) in [5.74, 6) is 0.735. The minimum absolute atomic E-state index is 0.112. The number of aromatic nitrogens is 2. The Morgan fingerprint density at radius 3 is 2.46 bits per heavy atom. The zero-order valence-electron chi connectivity index (χ0n) is 16.7. The van der Waals surface area contributed by atoms with E-state index in [0.29, 0.717) is 11.5 Å². The molecule has 0 radical (unpaired) electrons. The highest BCUT2D eigenvalue weighted by Crippen LogP contribution is 2.26. The van der Waals surface area contributed by atoms with Crippen molar-refractivity contribution in [3.05, 3.63) is 17.8 Å². The molecular formula is C20H32N6O2. The Hall–Kier alpha value is -2.22. The van der Waals surface area contributed by atoms with E-state index in [1.165, 1.54) is 32.4 Å². The molecule has 3 rings (SSSR count). The number of nitrogens with one attached hydrogen (secondary N) is 3. The van der Waals surface area contributed by atoms with Crippen molar-refractivity contribution < 1.29 is 9.59 Å². The molecular weight excluding hydrogens is 356 g/mol. The van der Waals surface area contributed by atoms with Gasteiger partial charge in [0.1, 0.15) is 5.82 Å². The topological polar surface area (TPSA) is 99.2 Å². The first-order valence-corrected chi connectivity index (χ1v) is 10.5. The molecule has 1 saturated heterocycles. The number of carbonyl (C=O) groups is 2. The fourth-order valence-electron chi connectivity index (χ4n) is 4.03. The summed E-state index contributed by atoms with van der Waals surface area (Å²) >= 11 is 0. The van der Waals surface area contributed by atoms with Crippen LogP contribution in [-0.4, -0.2) is 66.2 Å². The van der Waals surface area contributed by atoms with E-state index in [2.05, 4.69) is 31.0 Å². The van der Waals surface area contributed by atoms with Crippen LogP contribution in [0.25, 0.3) is 0 Å². The molecule has 0 aromatic carbocycles. The smallest absolute Gasteiger partial charge is 0.271 e. The molecule has 28 heavy (non-hydrogen) atoms. The zero-order valence-corrected chi connectivity index (χ0v) is 16.7. The Kier molecular flexibility index (Phi) is 7.59. The maximum atomic E-state index is 12.4. The van der Waals surface area contributed by atoms with Crippen LogP contribution in [0.5, 0.6) is 0 Å². The van der Waals surface area contributed by atoms with Gasteiger partial charge >= 0.3 is 0 Å². The van der Waals surface area contributed by atoms with E-state index in [1.54, 1.807) is 19.2 Å². The van der Waals surface area contributed by atoms with Gasteiger partial charge in [-0.25, -0.2) is 0 Å². The van der Waals surface area contributed by atoms with Crippen LogP contribution < -0.4 is 16.0 Å². The van der Waals surface area contributed by atoms with Gasteiger partial charge in [-0.3, -0.25) is 9.59 Å². The first-order valence-electron chi connectivity index (χ1n) is 10.5. The van der Waals surface area contributed by atoms with Crippen molar-refractivity contribution in [2.24, 2.45) is 5.92 Å². The summed E-state index contributed by atoms with van der Waals surface area (Å²) in [4.78, 5) is 26.4. The van der Waals surface area contributed by atoms with Crippen molar-refractivity contribution in [2.45, 2.75) is 51.0 Å². The van der Waals surface area contributed by atoms with Gasteiger partial charge in [0, 0.05) is 32.1 Å². The van der Waals surface area contributed by atoms with Crippen molar-refractivity contribution in [2.75, 3.05) is 38.5 Å². The van der Waals surface area contributed by atoms with Crippen LogP contribution in [0.2, 0.25) is 0 Å². The Morgan fingerprint density at radius 2 is 1.82 bits per heavy atom. The second-order valence-electron chi connectivity index (χ2n) is 7.77. The van der Waals surface area contributed by atoms with Crippen LogP contribution in [0.3, 0.4) is 0 Å². The van der Waals surface area contributed by atoms with Crippen LogP contribution in [0.4, 0.5) is 5.82 Å². The molecule has 1 aliphatic carbocycles. The summed E-state index contributed by atoms with van der Waals surface area (Å²) in [5.41, 5.74) is 0.304. The SMILES string of the molecule is CNC(=O)c1ccc(NC2CCC(C(=O)NCCN3CCCCC3)CC2)nn1. The predicted molar refractivity (Wildman–Crippen MR) is 108 cm³/mol. The molecule has 1 aliphatic heterocycles. The van der Waals surface area contributed by atoms with E-state index in [1.807, 2.05) is 0 Å². The van der Waals surface area contributed by atoms with Gasteiger partial charge in [-0.15, -0.1) is 10.2 Å².